The molecule has 10 heavy (non-hydrogen) atoms. The maximum atomic E-state index is 10.8. The van der Waals surface area contributed by atoms with E-state index in [1.807, 2.05) is 0 Å². The summed E-state index contributed by atoms with van der Waals surface area (Å²) in [6.45, 7) is 3.84. The number of esters is 1. The van der Waals surface area contributed by atoms with Crippen LogP contribution in [0.2, 0.25) is 0 Å². The largest absolute Gasteiger partial charge is 0.463 e. The van der Waals surface area contributed by atoms with Gasteiger partial charge in [-0.25, -0.2) is 0 Å². The fourth-order valence-corrected chi connectivity index (χ4v) is 0.472. The summed E-state index contributed by atoms with van der Waals surface area (Å²) in [6, 6.07) is 0. The van der Waals surface area contributed by atoms with Crippen LogP contribution in [-0.4, -0.2) is 17.2 Å². The van der Waals surface area contributed by atoms with Gasteiger partial charge in [0.2, 0.25) is 0 Å². The average Bonchev–Trinajstić information content (AvgIpc) is 1.82. The Labute approximate surface area is 72.1 Å². The molecule has 0 saturated carbocycles. The van der Waals surface area contributed by atoms with Crippen molar-refractivity contribution in [2.75, 3.05) is 6.61 Å². The van der Waals surface area contributed by atoms with Crippen LogP contribution in [0.1, 0.15) is 13.8 Å². The summed E-state index contributed by atoms with van der Waals surface area (Å²) in [4.78, 5) is 10.8. The highest BCUT2D eigenvalue weighted by Crippen LogP contribution is 2.02. The molecule has 0 amide bonds. The number of carbonyl (C=O) groups excluding carboxylic acids is 1. The molecule has 0 aromatic carbocycles. The van der Waals surface area contributed by atoms with Crippen molar-refractivity contribution >= 4 is 31.2 Å². The van der Waals surface area contributed by atoms with E-state index in [0.717, 1.165) is 0 Å². The van der Waals surface area contributed by atoms with Gasteiger partial charge in [0, 0.05) is 0 Å². The fraction of sp³-hybridized carbons (Fsp3) is 0.833. The van der Waals surface area contributed by atoms with Crippen LogP contribution in [0.4, 0.5) is 0 Å². The van der Waals surface area contributed by atoms with Gasteiger partial charge in [-0.1, -0.05) is 13.8 Å². The number of hydrogen-bond donors (Lipinski definition) is 2. The molecule has 0 radical (unpaired) electrons. The lowest BCUT2D eigenvalue weighted by Gasteiger charge is -2.07. The first-order valence-electron chi connectivity index (χ1n) is 3.06. The van der Waals surface area contributed by atoms with Gasteiger partial charge in [-0.15, -0.1) is 0 Å². The predicted octanol–water partition coefficient (Wildman–Crippen LogP) is 1.37. The minimum atomic E-state index is -0.201. The molecule has 0 fully saturated rings. The molecule has 2 nitrogen and oxygen atoms in total. The minimum absolute atomic E-state index is 0.0691. The highest BCUT2D eigenvalue weighted by Gasteiger charge is 2.08. The van der Waals surface area contributed by atoms with E-state index < -0.39 is 0 Å². The zero-order chi connectivity index (χ0) is 8.15. The molecule has 0 aromatic heterocycles. The summed E-state index contributed by atoms with van der Waals surface area (Å²) >= 11 is 7.86. The third kappa shape index (κ3) is 4.99. The molecule has 0 aliphatic carbocycles. The molecule has 0 unspecified atom stereocenters. The van der Waals surface area contributed by atoms with E-state index >= 15 is 0 Å². The quantitative estimate of drug-likeness (QED) is 0.390. The van der Waals surface area contributed by atoms with Crippen LogP contribution in [0.5, 0.6) is 0 Å². The Morgan fingerprint density at radius 3 is 2.30 bits per heavy atom. The summed E-state index contributed by atoms with van der Waals surface area (Å²) in [6.07, 6.45) is 0. The number of carbonyl (C=O) groups is 1. The average molecular weight is 180 g/mol. The summed E-state index contributed by atoms with van der Waals surface area (Å²) in [7, 11) is 0. The van der Waals surface area contributed by atoms with Crippen molar-refractivity contribution in [1.82, 2.24) is 0 Å². The van der Waals surface area contributed by atoms with Crippen molar-refractivity contribution < 1.29 is 9.53 Å². The second-order valence-electron chi connectivity index (χ2n) is 2.27. The Hall–Kier alpha value is 0.170. The van der Waals surface area contributed by atoms with Crippen LogP contribution >= 0.6 is 25.3 Å². The van der Waals surface area contributed by atoms with Gasteiger partial charge in [0.15, 0.2) is 0 Å². The number of ether oxygens (including phenoxy) is 1. The monoisotopic (exact) mass is 180 g/mol. The van der Waals surface area contributed by atoms with Crippen LogP contribution in [0.25, 0.3) is 0 Å². The molecule has 0 N–H and O–H groups in total. The Balaban J connectivity index is 3.40. The van der Waals surface area contributed by atoms with Gasteiger partial charge in [-0.2, -0.15) is 25.3 Å². The van der Waals surface area contributed by atoms with Crippen LogP contribution in [0, 0.1) is 5.92 Å². The molecule has 0 saturated heterocycles. The van der Waals surface area contributed by atoms with Crippen LogP contribution in [-0.2, 0) is 9.53 Å². The second kappa shape index (κ2) is 4.91. The lowest BCUT2D eigenvalue weighted by molar-refractivity contribution is -0.146. The van der Waals surface area contributed by atoms with E-state index in [9.17, 15) is 4.79 Å². The summed E-state index contributed by atoms with van der Waals surface area (Å²) in [5, 5.41) is 0. The lowest BCUT2D eigenvalue weighted by atomic mass is 10.2. The standard InChI is InChI=1S/C6H12O2S2/c1-4(2)6(7)8-3-5(9)10/h4-5,9-10H,3H2,1-2H3. The smallest absolute Gasteiger partial charge is 0.308 e. The SMILES string of the molecule is CC(C)C(=O)OCC(S)S. The van der Waals surface area contributed by atoms with Crippen molar-refractivity contribution in [3.05, 3.63) is 0 Å². The van der Waals surface area contributed by atoms with Crippen LogP contribution < -0.4 is 0 Å². The predicted molar refractivity (Wildman–Crippen MR) is 47.6 cm³/mol. The molecular formula is C6H12O2S2. The Kier molecular flexibility index (Phi) is 4.99. The van der Waals surface area contributed by atoms with Gasteiger partial charge >= 0.3 is 5.97 Å². The molecule has 0 heterocycles. The third-order valence-electron chi connectivity index (χ3n) is 0.846. The first-order chi connectivity index (χ1) is 4.54. The first kappa shape index (κ1) is 10.2. The van der Waals surface area contributed by atoms with E-state index in [1.54, 1.807) is 13.8 Å². The molecule has 0 aromatic rings. The lowest BCUT2D eigenvalue weighted by Crippen LogP contribution is -2.15. The summed E-state index contributed by atoms with van der Waals surface area (Å²) in [5.74, 6) is -0.270. The van der Waals surface area contributed by atoms with Gasteiger partial charge in [-0.3, -0.25) is 4.79 Å². The van der Waals surface area contributed by atoms with Gasteiger partial charge in [-0.05, 0) is 0 Å². The van der Waals surface area contributed by atoms with Crippen molar-refractivity contribution in [1.29, 1.82) is 0 Å². The van der Waals surface area contributed by atoms with E-state index in [4.69, 9.17) is 4.74 Å². The highest BCUT2D eigenvalue weighted by molar-refractivity contribution is 7.99. The molecule has 0 spiro atoms. The number of rotatable bonds is 3. The van der Waals surface area contributed by atoms with Crippen molar-refractivity contribution in [3.63, 3.8) is 0 Å². The number of thiol groups is 2. The van der Waals surface area contributed by atoms with E-state index in [1.165, 1.54) is 0 Å². The Morgan fingerprint density at radius 2 is 2.00 bits per heavy atom. The molecule has 4 heteroatoms. The van der Waals surface area contributed by atoms with Gasteiger partial charge < -0.3 is 4.74 Å². The van der Waals surface area contributed by atoms with Crippen molar-refractivity contribution in [3.8, 4) is 0 Å². The van der Waals surface area contributed by atoms with Crippen molar-refractivity contribution in [2.45, 2.75) is 18.4 Å². The number of hydrogen-bond acceptors (Lipinski definition) is 4. The maximum Gasteiger partial charge on any atom is 0.308 e. The molecule has 0 aliphatic rings. The molecule has 60 valence electrons. The van der Waals surface area contributed by atoms with Crippen molar-refractivity contribution in [2.24, 2.45) is 5.92 Å². The zero-order valence-electron chi connectivity index (χ0n) is 6.07. The van der Waals surface area contributed by atoms with E-state index in [-0.39, 0.29) is 23.1 Å². The normalized spacial score (nSPS) is 10.6. The maximum absolute atomic E-state index is 10.8. The van der Waals surface area contributed by atoms with Crippen LogP contribution in [0.15, 0.2) is 0 Å². The zero-order valence-corrected chi connectivity index (χ0v) is 7.86. The Morgan fingerprint density at radius 1 is 1.50 bits per heavy atom. The minimum Gasteiger partial charge on any atom is -0.463 e. The molecule has 0 rings (SSSR count). The highest BCUT2D eigenvalue weighted by atomic mass is 32.2. The van der Waals surface area contributed by atoms with Gasteiger partial charge in [0.25, 0.3) is 0 Å². The van der Waals surface area contributed by atoms with Gasteiger partial charge in [0.05, 0.1) is 10.5 Å². The topological polar surface area (TPSA) is 26.3 Å². The fourth-order valence-electron chi connectivity index (χ4n) is 0.323. The van der Waals surface area contributed by atoms with Crippen LogP contribution in [0.3, 0.4) is 0 Å². The van der Waals surface area contributed by atoms with Gasteiger partial charge in [0.1, 0.15) is 6.61 Å². The molecule has 0 atom stereocenters. The molecule has 0 aliphatic heterocycles. The third-order valence-corrected chi connectivity index (χ3v) is 1.14. The van der Waals surface area contributed by atoms with E-state index in [0.29, 0.717) is 0 Å². The summed E-state index contributed by atoms with van der Waals surface area (Å²) < 4.78 is 4.60. The second-order valence-corrected chi connectivity index (χ2v) is 3.92. The first-order valence-corrected chi connectivity index (χ1v) is 4.10. The summed E-state index contributed by atoms with van der Waals surface area (Å²) in [5.41, 5.74) is 0. The Bertz CT molecular complexity index is 112. The van der Waals surface area contributed by atoms with E-state index in [2.05, 4.69) is 25.3 Å². The molecular weight excluding hydrogens is 168 g/mol. The molecule has 0 bridgehead atoms.